The molecule has 17 nitrogen and oxygen atoms in total. The number of aliphatic hydroxyl groups excluding tert-OH is 1. The summed E-state index contributed by atoms with van der Waals surface area (Å²) >= 11 is 3.93. The first-order valence-corrected chi connectivity index (χ1v) is 16.3. The van der Waals surface area contributed by atoms with Gasteiger partial charge in [-0.3, -0.25) is 28.8 Å². The lowest BCUT2D eigenvalue weighted by atomic mass is 9.96. The number of carboxylic acids is 1. The lowest BCUT2D eigenvalue weighted by molar-refractivity contribution is -0.141. The SMILES string of the molecule is CCC(C)C(NC(=O)C(CCC(N)=O)NC(=O)C(N)C(C)C)C(=O)NC(C(=O)NC(CCCCN)C(=O)NC(CS)C(=O)O)C(C)O. The van der Waals surface area contributed by atoms with Gasteiger partial charge < -0.3 is 54.0 Å². The van der Waals surface area contributed by atoms with Crippen LogP contribution in [-0.4, -0.2) is 106 Å². The van der Waals surface area contributed by atoms with Crippen LogP contribution in [0.15, 0.2) is 0 Å². The predicted octanol–water partition coefficient (Wildman–Crippen LogP) is -2.77. The second-order valence-corrected chi connectivity index (χ2v) is 12.2. The molecule has 0 fully saturated rings. The van der Waals surface area contributed by atoms with Crippen molar-refractivity contribution in [3.05, 3.63) is 0 Å². The number of carboxylic acid groups (broad SMARTS) is 1. The van der Waals surface area contributed by atoms with Crippen LogP contribution in [-0.2, 0) is 33.6 Å². The van der Waals surface area contributed by atoms with Crippen molar-refractivity contribution in [2.75, 3.05) is 12.3 Å². The molecular weight excluding hydrogens is 636 g/mol. The minimum atomic E-state index is -1.59. The summed E-state index contributed by atoms with van der Waals surface area (Å²) in [4.78, 5) is 88.6. The largest absolute Gasteiger partial charge is 0.480 e. The van der Waals surface area contributed by atoms with Crippen molar-refractivity contribution in [1.29, 1.82) is 0 Å². The number of amides is 6. The molecule has 8 atom stereocenters. The van der Waals surface area contributed by atoms with Gasteiger partial charge in [0.05, 0.1) is 12.1 Å². The maximum atomic E-state index is 13.5. The summed E-state index contributed by atoms with van der Waals surface area (Å²) in [7, 11) is 0. The molecular formula is C29H54N8O9S. The summed E-state index contributed by atoms with van der Waals surface area (Å²) in [6, 6.07) is -7.63. The second-order valence-electron chi connectivity index (χ2n) is 11.9. The molecule has 13 N–H and O–H groups in total. The third-order valence-corrected chi connectivity index (χ3v) is 7.93. The highest BCUT2D eigenvalue weighted by Gasteiger charge is 2.36. The Morgan fingerprint density at radius 1 is 0.723 bits per heavy atom. The lowest BCUT2D eigenvalue weighted by Gasteiger charge is -2.30. The van der Waals surface area contributed by atoms with E-state index in [-0.39, 0.29) is 30.9 Å². The van der Waals surface area contributed by atoms with Crippen LogP contribution in [0.5, 0.6) is 0 Å². The topological polar surface area (TPSA) is 298 Å². The number of carbonyl (C=O) groups is 7. The number of carbonyl (C=O) groups excluding carboxylic acids is 6. The van der Waals surface area contributed by atoms with Crippen molar-refractivity contribution in [2.24, 2.45) is 29.0 Å². The Bertz CT molecular complexity index is 1080. The van der Waals surface area contributed by atoms with Crippen molar-refractivity contribution in [1.82, 2.24) is 26.6 Å². The van der Waals surface area contributed by atoms with E-state index in [9.17, 15) is 43.8 Å². The fourth-order valence-corrected chi connectivity index (χ4v) is 4.46. The standard InChI is InChI=1S/C29H54N8O9S/c1-6-15(4)22(36-25(41)18(10-11-20(31)39)33-26(42)21(32)14(2)3)27(43)37-23(16(5)38)28(44)34-17(9-7-8-12-30)24(40)35-19(13-47)29(45)46/h14-19,21-23,38,47H,6-13,30,32H2,1-5H3,(H2,31,39)(H,33,42)(H,34,44)(H,35,40)(H,36,41)(H,37,43)(H,45,46). The highest BCUT2D eigenvalue weighted by Crippen LogP contribution is 2.12. The number of aliphatic hydroxyl groups is 1. The maximum Gasteiger partial charge on any atom is 0.327 e. The van der Waals surface area contributed by atoms with Crippen LogP contribution in [0.1, 0.15) is 73.1 Å². The number of aliphatic carboxylic acids is 1. The Balaban J connectivity index is 6.08. The molecule has 0 rings (SSSR count). The van der Waals surface area contributed by atoms with Crippen LogP contribution in [0.2, 0.25) is 0 Å². The van der Waals surface area contributed by atoms with E-state index in [0.29, 0.717) is 25.8 Å². The van der Waals surface area contributed by atoms with E-state index in [4.69, 9.17) is 17.2 Å². The van der Waals surface area contributed by atoms with Crippen molar-refractivity contribution in [3.8, 4) is 0 Å². The number of unbranched alkanes of at least 4 members (excludes halogenated alkanes) is 1. The lowest BCUT2D eigenvalue weighted by Crippen LogP contribution is -2.62. The van der Waals surface area contributed by atoms with Gasteiger partial charge >= 0.3 is 5.97 Å². The third-order valence-electron chi connectivity index (χ3n) is 7.57. The van der Waals surface area contributed by atoms with Gasteiger partial charge in [0.25, 0.3) is 0 Å². The average molecular weight is 691 g/mol. The molecule has 0 bridgehead atoms. The van der Waals surface area contributed by atoms with Crippen molar-refractivity contribution < 1.29 is 43.8 Å². The molecule has 0 spiro atoms. The van der Waals surface area contributed by atoms with Gasteiger partial charge in [-0.15, -0.1) is 0 Å². The van der Waals surface area contributed by atoms with Crippen molar-refractivity contribution >= 4 is 54.0 Å². The van der Waals surface area contributed by atoms with Gasteiger partial charge in [0.2, 0.25) is 35.4 Å². The Labute approximate surface area is 281 Å². The van der Waals surface area contributed by atoms with E-state index in [0.717, 1.165) is 0 Å². The van der Waals surface area contributed by atoms with E-state index < -0.39 is 89.7 Å². The molecule has 270 valence electrons. The molecule has 0 aliphatic heterocycles. The molecule has 0 aromatic rings. The van der Waals surface area contributed by atoms with Gasteiger partial charge in [0.15, 0.2) is 0 Å². The molecule has 6 amide bonds. The minimum absolute atomic E-state index is 0.0819. The van der Waals surface area contributed by atoms with Gasteiger partial charge in [-0.2, -0.15) is 12.6 Å². The molecule has 0 aliphatic carbocycles. The summed E-state index contributed by atoms with van der Waals surface area (Å²) in [6.45, 7) is 8.38. The molecule has 18 heteroatoms. The molecule has 0 aliphatic rings. The molecule has 0 saturated carbocycles. The number of hydrogen-bond donors (Lipinski definition) is 11. The zero-order valence-electron chi connectivity index (χ0n) is 27.8. The van der Waals surface area contributed by atoms with E-state index in [2.05, 4.69) is 39.2 Å². The zero-order chi connectivity index (χ0) is 36.4. The highest BCUT2D eigenvalue weighted by molar-refractivity contribution is 7.80. The monoisotopic (exact) mass is 690 g/mol. The van der Waals surface area contributed by atoms with Crippen LogP contribution in [0.25, 0.3) is 0 Å². The van der Waals surface area contributed by atoms with E-state index in [1.54, 1.807) is 27.7 Å². The predicted molar refractivity (Wildman–Crippen MR) is 176 cm³/mol. The van der Waals surface area contributed by atoms with Crippen LogP contribution in [0, 0.1) is 11.8 Å². The quantitative estimate of drug-likeness (QED) is 0.0385. The maximum absolute atomic E-state index is 13.5. The fraction of sp³-hybridized carbons (Fsp3) is 0.759. The Morgan fingerprint density at radius 2 is 1.21 bits per heavy atom. The number of hydrogen-bond acceptors (Lipinski definition) is 11. The Morgan fingerprint density at radius 3 is 1.68 bits per heavy atom. The first-order chi connectivity index (χ1) is 21.9. The molecule has 0 saturated heterocycles. The number of rotatable bonds is 23. The van der Waals surface area contributed by atoms with E-state index in [1.807, 2.05) is 0 Å². The summed E-state index contributed by atoms with van der Waals surface area (Å²) in [5, 5.41) is 32.0. The molecule has 8 unspecified atom stereocenters. The highest BCUT2D eigenvalue weighted by atomic mass is 32.1. The van der Waals surface area contributed by atoms with Crippen molar-refractivity contribution in [2.45, 2.75) is 115 Å². The van der Waals surface area contributed by atoms with E-state index in [1.165, 1.54) is 6.92 Å². The molecule has 47 heavy (non-hydrogen) atoms. The number of thiol groups is 1. The summed E-state index contributed by atoms with van der Waals surface area (Å²) in [6.07, 6.45) is -0.513. The van der Waals surface area contributed by atoms with E-state index >= 15 is 0 Å². The first-order valence-electron chi connectivity index (χ1n) is 15.7. The summed E-state index contributed by atoms with van der Waals surface area (Å²) in [5.41, 5.74) is 16.7. The first kappa shape index (κ1) is 43.5. The van der Waals surface area contributed by atoms with Crippen LogP contribution < -0.4 is 43.8 Å². The summed E-state index contributed by atoms with van der Waals surface area (Å²) < 4.78 is 0. The van der Waals surface area contributed by atoms with Crippen LogP contribution in [0.3, 0.4) is 0 Å². The van der Waals surface area contributed by atoms with Crippen LogP contribution in [0.4, 0.5) is 0 Å². The van der Waals surface area contributed by atoms with Gasteiger partial charge in [-0.05, 0) is 51.0 Å². The van der Waals surface area contributed by atoms with Crippen LogP contribution >= 0.6 is 12.6 Å². The number of nitrogens with one attached hydrogen (secondary N) is 5. The fourth-order valence-electron chi connectivity index (χ4n) is 4.21. The van der Waals surface area contributed by atoms with Crippen molar-refractivity contribution in [3.63, 3.8) is 0 Å². The zero-order valence-corrected chi connectivity index (χ0v) is 28.7. The summed E-state index contributed by atoms with van der Waals surface area (Å²) in [5.74, 6) is -7.07. The molecule has 0 aromatic carbocycles. The third kappa shape index (κ3) is 15.8. The van der Waals surface area contributed by atoms with Gasteiger partial charge in [-0.1, -0.05) is 34.1 Å². The average Bonchev–Trinajstić information content (AvgIpc) is 3.00. The minimum Gasteiger partial charge on any atom is -0.480 e. The smallest absolute Gasteiger partial charge is 0.327 e. The normalized spacial score (nSPS) is 16.3. The van der Waals surface area contributed by atoms with Gasteiger partial charge in [0.1, 0.15) is 30.2 Å². The number of primary amides is 1. The Hall–Kier alpha value is -3.48. The molecule has 0 heterocycles. The molecule has 0 aromatic heterocycles. The van der Waals surface area contributed by atoms with Gasteiger partial charge in [-0.25, -0.2) is 4.79 Å². The molecule has 0 radical (unpaired) electrons. The van der Waals surface area contributed by atoms with Gasteiger partial charge in [0, 0.05) is 12.2 Å². The number of nitrogens with two attached hydrogens (primary N) is 3. The second kappa shape index (κ2) is 22.2. The Kier molecular flexibility index (Phi) is 20.5.